The van der Waals surface area contributed by atoms with E-state index in [9.17, 15) is 0 Å². The van der Waals surface area contributed by atoms with Gasteiger partial charge in [0.2, 0.25) is 11.4 Å². The van der Waals surface area contributed by atoms with Gasteiger partial charge >= 0.3 is 0 Å². The van der Waals surface area contributed by atoms with Gasteiger partial charge in [0.1, 0.15) is 7.05 Å². The minimum atomic E-state index is 1.21. The van der Waals surface area contributed by atoms with E-state index in [2.05, 4.69) is 143 Å². The lowest BCUT2D eigenvalue weighted by atomic mass is 9.96. The third kappa shape index (κ3) is 3.59. The van der Waals surface area contributed by atoms with Crippen molar-refractivity contribution in [2.24, 2.45) is 7.05 Å². The van der Waals surface area contributed by atoms with E-state index in [4.69, 9.17) is 0 Å². The Labute approximate surface area is 225 Å². The number of hydrogen-bond acceptors (Lipinski definition) is 0. The van der Waals surface area contributed by atoms with E-state index in [0.717, 1.165) is 0 Å². The molecule has 0 aliphatic carbocycles. The van der Waals surface area contributed by atoms with Gasteiger partial charge in [0.05, 0.1) is 10.9 Å². The van der Waals surface area contributed by atoms with Gasteiger partial charge in [0.15, 0.2) is 0 Å². The monoisotopic (exact) mass is 495 g/mol. The van der Waals surface area contributed by atoms with Gasteiger partial charge in [-0.2, -0.15) is 4.58 Å². The summed E-state index contributed by atoms with van der Waals surface area (Å²) in [5, 5.41) is 8.01. The Morgan fingerprint density at radius 2 is 1.47 bits per heavy atom. The molecule has 0 N–H and O–H groups in total. The van der Waals surface area contributed by atoms with Crippen molar-refractivity contribution in [2.45, 2.75) is 34.6 Å². The molecule has 1 aromatic heterocycles. The first kappa shape index (κ1) is 24.2. The van der Waals surface area contributed by atoms with Gasteiger partial charge in [-0.25, -0.2) is 0 Å². The van der Waals surface area contributed by atoms with E-state index >= 15 is 0 Å². The average molecular weight is 496 g/mol. The van der Waals surface area contributed by atoms with Crippen LogP contribution in [0, 0.1) is 27.7 Å². The first-order valence-corrected chi connectivity index (χ1v) is 13.4. The van der Waals surface area contributed by atoms with Crippen LogP contribution in [-0.2, 0) is 7.05 Å². The van der Waals surface area contributed by atoms with E-state index in [1.165, 1.54) is 82.6 Å². The van der Waals surface area contributed by atoms with E-state index < -0.39 is 0 Å². The van der Waals surface area contributed by atoms with Crippen molar-refractivity contribution in [2.75, 3.05) is 7.05 Å². The highest BCUT2D eigenvalue weighted by Gasteiger charge is 2.28. The highest BCUT2D eigenvalue weighted by molar-refractivity contribution is 6.20. The van der Waals surface area contributed by atoms with Gasteiger partial charge in [-0.1, -0.05) is 60.2 Å². The minimum Gasteiger partial charge on any atom is -0.344 e. The van der Waals surface area contributed by atoms with Crippen molar-refractivity contribution in [1.29, 1.82) is 0 Å². The van der Waals surface area contributed by atoms with Crippen molar-refractivity contribution >= 4 is 49.9 Å². The average Bonchev–Trinajstić information content (AvgIpc) is 3.33. The number of aryl methyl sites for hydroxylation is 5. The summed E-state index contributed by atoms with van der Waals surface area (Å²) in [4.78, 5) is 0. The lowest BCUT2D eigenvalue weighted by Crippen LogP contribution is -2.11. The predicted molar refractivity (Wildman–Crippen MR) is 165 cm³/mol. The molecule has 0 fully saturated rings. The van der Waals surface area contributed by atoms with Gasteiger partial charge < -0.3 is 4.57 Å². The molecule has 1 aliphatic rings. The van der Waals surface area contributed by atoms with Crippen molar-refractivity contribution < 1.29 is 4.58 Å². The smallest absolute Gasteiger partial charge is 0.214 e. The summed E-state index contributed by atoms with van der Waals surface area (Å²) < 4.78 is 4.64. The molecule has 0 atom stereocenters. The third-order valence-electron chi connectivity index (χ3n) is 8.56. The SMILES string of the molecule is CC(/C=C/C=c1c2cccc3c(C)c(C)cc(c32)n1C)=C\C=C\C1=[N+](C)c2cc(C)c(C)c3cccc1c23. The van der Waals surface area contributed by atoms with Crippen molar-refractivity contribution in [3.05, 3.63) is 118 Å². The second-order valence-electron chi connectivity index (χ2n) is 10.8. The van der Waals surface area contributed by atoms with Crippen LogP contribution in [0.15, 0.2) is 84.5 Å². The van der Waals surface area contributed by atoms with Gasteiger partial charge in [-0.15, -0.1) is 0 Å². The first-order chi connectivity index (χ1) is 18.3. The molecule has 2 nitrogen and oxygen atoms in total. The fourth-order valence-electron chi connectivity index (χ4n) is 6.10. The van der Waals surface area contributed by atoms with E-state index in [0.29, 0.717) is 0 Å². The maximum absolute atomic E-state index is 2.32. The summed E-state index contributed by atoms with van der Waals surface area (Å²) in [7, 11) is 4.34. The standard InChI is InChI=1S/C36H35N2/c1-22(12-8-18-31-29-16-10-14-27-25(4)23(2)20-33(35(27)29)37(31)6)13-9-19-32-30-17-11-15-28-26(5)24(3)21-34(36(28)30)38(32)7/h8-21H,1-7H3/q+1. The van der Waals surface area contributed by atoms with E-state index in [1.54, 1.807) is 0 Å². The van der Waals surface area contributed by atoms with E-state index in [-0.39, 0.29) is 0 Å². The molecule has 4 aromatic carbocycles. The number of benzene rings is 4. The number of hydrogen-bond donors (Lipinski definition) is 0. The molecule has 6 rings (SSSR count). The van der Waals surface area contributed by atoms with Crippen LogP contribution in [0.1, 0.15) is 34.7 Å². The Hall–Kier alpha value is -4.17. The van der Waals surface area contributed by atoms with Crippen LogP contribution < -0.4 is 5.35 Å². The largest absolute Gasteiger partial charge is 0.344 e. The highest BCUT2D eigenvalue weighted by Crippen LogP contribution is 2.38. The fourth-order valence-corrected chi connectivity index (χ4v) is 6.10. The first-order valence-electron chi connectivity index (χ1n) is 13.4. The molecule has 0 radical (unpaired) electrons. The van der Waals surface area contributed by atoms with Crippen LogP contribution in [-0.4, -0.2) is 21.9 Å². The third-order valence-corrected chi connectivity index (χ3v) is 8.56. The normalized spacial score (nSPS) is 14.7. The van der Waals surface area contributed by atoms with Crippen LogP contribution in [0.3, 0.4) is 0 Å². The molecule has 1 aliphatic heterocycles. The summed E-state index contributed by atoms with van der Waals surface area (Å²) in [6.07, 6.45) is 13.2. The topological polar surface area (TPSA) is 7.94 Å². The molecule has 0 amide bonds. The van der Waals surface area contributed by atoms with Crippen LogP contribution in [0.25, 0.3) is 38.5 Å². The predicted octanol–water partition coefficient (Wildman–Crippen LogP) is 8.05. The van der Waals surface area contributed by atoms with Crippen LogP contribution in [0.4, 0.5) is 5.69 Å². The molecule has 5 aromatic rings. The molecule has 2 heterocycles. The van der Waals surface area contributed by atoms with E-state index in [1.807, 2.05) is 0 Å². The van der Waals surface area contributed by atoms with Crippen LogP contribution in [0.2, 0.25) is 0 Å². The molecule has 0 unspecified atom stereocenters. The Balaban J connectivity index is 1.31. The molecule has 2 heteroatoms. The van der Waals surface area contributed by atoms with Crippen molar-refractivity contribution in [3.8, 4) is 0 Å². The van der Waals surface area contributed by atoms with Crippen molar-refractivity contribution in [1.82, 2.24) is 4.57 Å². The zero-order valence-corrected chi connectivity index (χ0v) is 23.5. The molecule has 0 spiro atoms. The Morgan fingerprint density at radius 3 is 2.24 bits per heavy atom. The molecule has 0 saturated heterocycles. The second kappa shape index (κ2) is 8.99. The number of aromatic nitrogens is 1. The summed E-state index contributed by atoms with van der Waals surface area (Å²) in [5.41, 5.74) is 11.8. The highest BCUT2D eigenvalue weighted by atomic mass is 15.0. The second-order valence-corrected chi connectivity index (χ2v) is 10.8. The Kier molecular flexibility index (Phi) is 5.72. The zero-order valence-electron chi connectivity index (χ0n) is 23.5. The van der Waals surface area contributed by atoms with Gasteiger partial charge in [-0.3, -0.25) is 0 Å². The molecule has 0 bridgehead atoms. The molecular formula is C36H35N2+. The van der Waals surface area contributed by atoms with Gasteiger partial charge in [0.25, 0.3) is 0 Å². The summed E-state index contributed by atoms with van der Waals surface area (Å²) in [6, 6.07) is 18.0. The summed E-state index contributed by atoms with van der Waals surface area (Å²) in [6.45, 7) is 11.0. The quantitative estimate of drug-likeness (QED) is 0.176. The maximum atomic E-state index is 2.32. The van der Waals surface area contributed by atoms with Crippen LogP contribution >= 0.6 is 0 Å². The van der Waals surface area contributed by atoms with Crippen LogP contribution in [0.5, 0.6) is 0 Å². The number of allylic oxidation sites excluding steroid dienone is 6. The minimum absolute atomic E-state index is 1.21. The molecule has 38 heavy (non-hydrogen) atoms. The number of rotatable bonds is 4. The Bertz CT molecular complexity index is 1970. The van der Waals surface area contributed by atoms with Gasteiger partial charge in [-0.05, 0) is 85.9 Å². The fraction of sp³-hybridized carbons (Fsp3) is 0.194. The summed E-state index contributed by atoms with van der Waals surface area (Å²) in [5.74, 6) is 0. The molecule has 0 saturated carbocycles. The van der Waals surface area contributed by atoms with Gasteiger partial charge in [0, 0.05) is 40.8 Å². The molecule has 188 valence electrons. The zero-order chi connectivity index (χ0) is 26.7. The maximum Gasteiger partial charge on any atom is 0.214 e. The lowest BCUT2D eigenvalue weighted by molar-refractivity contribution is -0.399. The molecular weight excluding hydrogens is 460 g/mol. The number of nitrogens with zero attached hydrogens (tertiary/aromatic N) is 2. The summed E-state index contributed by atoms with van der Waals surface area (Å²) >= 11 is 0. The van der Waals surface area contributed by atoms with Crippen molar-refractivity contribution in [3.63, 3.8) is 0 Å². The lowest BCUT2D eigenvalue weighted by Gasteiger charge is -2.06. The Morgan fingerprint density at radius 1 is 0.816 bits per heavy atom.